The average Bonchev–Trinajstić information content (AvgIpc) is 3.07. The van der Waals surface area contributed by atoms with Crippen molar-refractivity contribution in [1.82, 2.24) is 20.3 Å². The van der Waals surface area contributed by atoms with E-state index in [4.69, 9.17) is 14.2 Å². The fraction of sp³-hybridized carbons (Fsp3) is 0.824. The van der Waals surface area contributed by atoms with Crippen molar-refractivity contribution in [3.63, 3.8) is 0 Å². The van der Waals surface area contributed by atoms with Gasteiger partial charge in [-0.3, -0.25) is 4.79 Å². The van der Waals surface area contributed by atoms with E-state index >= 15 is 0 Å². The zero-order valence-electron chi connectivity index (χ0n) is 15.5. The van der Waals surface area contributed by atoms with Crippen LogP contribution in [-0.4, -0.2) is 60.5 Å². The molecule has 0 spiro atoms. The maximum absolute atomic E-state index is 11.4. The highest BCUT2D eigenvalue weighted by molar-refractivity contribution is 5.75. The topological polar surface area (TPSA) is 87.5 Å². The van der Waals surface area contributed by atoms with Crippen LogP contribution >= 0.6 is 0 Å². The van der Waals surface area contributed by atoms with E-state index in [1.807, 2.05) is 6.20 Å². The number of hydrogen-bond acceptors (Lipinski definition) is 6. The first-order valence-electron chi connectivity index (χ1n) is 9.15. The van der Waals surface area contributed by atoms with E-state index in [1.165, 1.54) is 0 Å². The Bertz CT molecular complexity index is 454. The van der Waals surface area contributed by atoms with E-state index in [2.05, 4.69) is 29.5 Å². The minimum Gasteiger partial charge on any atom is -0.380 e. The zero-order valence-corrected chi connectivity index (χ0v) is 15.5. The molecule has 0 aliphatic rings. The summed E-state index contributed by atoms with van der Waals surface area (Å²) in [7, 11) is 0. The van der Waals surface area contributed by atoms with Gasteiger partial charge in [-0.2, -0.15) is 0 Å². The molecular weight excluding hydrogens is 324 g/mol. The van der Waals surface area contributed by atoms with E-state index in [-0.39, 0.29) is 5.91 Å². The molecule has 8 nitrogen and oxygen atoms in total. The Kier molecular flexibility index (Phi) is 12.7. The number of nitrogens with one attached hydrogen (secondary N) is 1. The van der Waals surface area contributed by atoms with Crippen molar-refractivity contribution >= 4 is 5.91 Å². The van der Waals surface area contributed by atoms with E-state index in [9.17, 15) is 4.79 Å². The van der Waals surface area contributed by atoms with E-state index < -0.39 is 0 Å². The lowest BCUT2D eigenvalue weighted by molar-refractivity contribution is -0.121. The second-order valence-electron chi connectivity index (χ2n) is 5.70. The maximum atomic E-state index is 11.4. The molecule has 25 heavy (non-hydrogen) atoms. The van der Waals surface area contributed by atoms with Crippen LogP contribution in [0.1, 0.15) is 45.2 Å². The molecule has 1 rings (SSSR count). The summed E-state index contributed by atoms with van der Waals surface area (Å²) in [4.78, 5) is 11.4. The lowest BCUT2D eigenvalue weighted by Gasteiger charge is -2.06. The van der Waals surface area contributed by atoms with Crippen LogP contribution in [0, 0.1) is 0 Å². The SMILES string of the molecule is CCCCC(=O)NCCOCCOCc1cn(CCOCCC)nn1. The van der Waals surface area contributed by atoms with E-state index in [1.54, 1.807) is 4.68 Å². The predicted molar refractivity (Wildman–Crippen MR) is 94.1 cm³/mol. The normalized spacial score (nSPS) is 11.0. The van der Waals surface area contributed by atoms with Crippen LogP contribution in [-0.2, 0) is 32.2 Å². The smallest absolute Gasteiger partial charge is 0.220 e. The molecule has 1 heterocycles. The predicted octanol–water partition coefficient (Wildman–Crippen LogP) is 1.54. The fourth-order valence-electron chi connectivity index (χ4n) is 2.00. The molecule has 0 bridgehead atoms. The monoisotopic (exact) mass is 356 g/mol. The van der Waals surface area contributed by atoms with Crippen LogP contribution in [0.2, 0.25) is 0 Å². The van der Waals surface area contributed by atoms with E-state index in [0.717, 1.165) is 31.6 Å². The highest BCUT2D eigenvalue weighted by Gasteiger charge is 2.02. The largest absolute Gasteiger partial charge is 0.380 e. The number of hydrogen-bond donors (Lipinski definition) is 1. The number of rotatable bonds is 16. The number of aromatic nitrogens is 3. The van der Waals surface area contributed by atoms with Gasteiger partial charge in [-0.25, -0.2) is 4.68 Å². The van der Waals surface area contributed by atoms with Gasteiger partial charge in [0.1, 0.15) is 5.69 Å². The van der Waals surface area contributed by atoms with Crippen molar-refractivity contribution < 1.29 is 19.0 Å². The number of nitrogens with zero attached hydrogens (tertiary/aromatic N) is 3. The first-order valence-corrected chi connectivity index (χ1v) is 9.15. The van der Waals surface area contributed by atoms with Gasteiger partial charge in [0.05, 0.1) is 45.8 Å². The average molecular weight is 356 g/mol. The van der Waals surface area contributed by atoms with E-state index in [0.29, 0.717) is 52.5 Å². The third-order valence-corrected chi connectivity index (χ3v) is 3.35. The number of ether oxygens (including phenoxy) is 3. The van der Waals surface area contributed by atoms with Crippen LogP contribution in [0.25, 0.3) is 0 Å². The van der Waals surface area contributed by atoms with Crippen LogP contribution < -0.4 is 5.32 Å². The molecule has 0 fully saturated rings. The molecule has 1 aromatic heterocycles. The molecule has 0 aliphatic carbocycles. The Morgan fingerprint density at radius 2 is 1.88 bits per heavy atom. The number of carbonyl (C=O) groups is 1. The third kappa shape index (κ3) is 11.6. The van der Waals surface area contributed by atoms with Gasteiger partial charge >= 0.3 is 0 Å². The second kappa shape index (κ2) is 14.8. The quantitative estimate of drug-likeness (QED) is 0.452. The van der Waals surface area contributed by atoms with Gasteiger partial charge in [-0.15, -0.1) is 5.10 Å². The van der Waals surface area contributed by atoms with Gasteiger partial charge in [0.25, 0.3) is 0 Å². The van der Waals surface area contributed by atoms with Crippen LogP contribution in [0.15, 0.2) is 6.20 Å². The molecular formula is C17H32N4O4. The first kappa shape index (κ1) is 21.5. The minimum atomic E-state index is 0.0879. The van der Waals surface area contributed by atoms with Crippen LogP contribution in [0.3, 0.4) is 0 Å². The minimum absolute atomic E-state index is 0.0879. The summed E-state index contributed by atoms with van der Waals surface area (Å²) in [5, 5.41) is 10.9. The molecule has 0 aliphatic heterocycles. The van der Waals surface area contributed by atoms with Crippen molar-refractivity contribution in [1.29, 1.82) is 0 Å². The van der Waals surface area contributed by atoms with Gasteiger partial charge in [0.2, 0.25) is 5.91 Å². The van der Waals surface area contributed by atoms with Gasteiger partial charge < -0.3 is 19.5 Å². The molecule has 1 N–H and O–H groups in total. The van der Waals surface area contributed by atoms with Crippen molar-refractivity contribution in [3.05, 3.63) is 11.9 Å². The summed E-state index contributed by atoms with van der Waals surface area (Å²) < 4.78 is 18.1. The summed E-state index contributed by atoms with van der Waals surface area (Å²) in [5.74, 6) is 0.0879. The summed E-state index contributed by atoms with van der Waals surface area (Å²) >= 11 is 0. The Morgan fingerprint density at radius 1 is 1.08 bits per heavy atom. The highest BCUT2D eigenvalue weighted by Crippen LogP contribution is 1.97. The number of amides is 1. The van der Waals surface area contributed by atoms with Crippen LogP contribution in [0.5, 0.6) is 0 Å². The highest BCUT2D eigenvalue weighted by atomic mass is 16.5. The Labute approximate surface area is 150 Å². The lowest BCUT2D eigenvalue weighted by atomic mass is 10.2. The molecule has 0 saturated carbocycles. The Hall–Kier alpha value is -1.51. The van der Waals surface area contributed by atoms with Gasteiger partial charge in [-0.05, 0) is 12.8 Å². The number of carbonyl (C=O) groups excluding carboxylic acids is 1. The van der Waals surface area contributed by atoms with Crippen LogP contribution in [0.4, 0.5) is 0 Å². The second-order valence-corrected chi connectivity index (χ2v) is 5.70. The lowest BCUT2D eigenvalue weighted by Crippen LogP contribution is -2.27. The first-order chi connectivity index (χ1) is 12.3. The van der Waals surface area contributed by atoms with Crippen molar-refractivity contribution in [2.75, 3.05) is 39.6 Å². The van der Waals surface area contributed by atoms with Gasteiger partial charge in [-0.1, -0.05) is 25.5 Å². The van der Waals surface area contributed by atoms with Gasteiger partial charge in [0.15, 0.2) is 0 Å². The molecule has 0 saturated heterocycles. The maximum Gasteiger partial charge on any atom is 0.220 e. The summed E-state index contributed by atoms with van der Waals surface area (Å²) in [6, 6.07) is 0. The molecule has 0 atom stereocenters. The Balaban J connectivity index is 1.94. The summed E-state index contributed by atoms with van der Waals surface area (Å²) in [6.45, 7) is 8.67. The third-order valence-electron chi connectivity index (χ3n) is 3.35. The standard InChI is InChI=1S/C17H32N4O4/c1-3-5-6-17(22)18-7-10-24-12-13-25-15-16-14-21(20-19-16)8-11-23-9-4-2/h14H,3-13,15H2,1-2H3,(H,18,22). The molecule has 1 amide bonds. The Morgan fingerprint density at radius 3 is 2.68 bits per heavy atom. The number of unbranched alkanes of at least 4 members (excludes halogenated alkanes) is 1. The fourth-order valence-corrected chi connectivity index (χ4v) is 2.00. The zero-order chi connectivity index (χ0) is 18.2. The summed E-state index contributed by atoms with van der Waals surface area (Å²) in [6.07, 6.45) is 5.43. The van der Waals surface area contributed by atoms with Crippen molar-refractivity contribution in [2.24, 2.45) is 0 Å². The molecule has 8 heteroatoms. The molecule has 1 aromatic rings. The molecule has 0 aromatic carbocycles. The summed E-state index contributed by atoms with van der Waals surface area (Å²) in [5.41, 5.74) is 0.790. The van der Waals surface area contributed by atoms with Crippen molar-refractivity contribution in [2.45, 2.75) is 52.7 Å². The molecule has 0 radical (unpaired) electrons. The van der Waals surface area contributed by atoms with Crippen molar-refractivity contribution in [3.8, 4) is 0 Å². The van der Waals surface area contributed by atoms with Gasteiger partial charge in [0, 0.05) is 19.6 Å². The molecule has 0 unspecified atom stereocenters. The molecule has 144 valence electrons.